The van der Waals surface area contributed by atoms with Crippen molar-refractivity contribution >= 4 is 61.5 Å². The van der Waals surface area contributed by atoms with Crippen LogP contribution in [0.25, 0.3) is 32.3 Å². The molecule has 0 atom stereocenters. The largest absolute Gasteiger partial charge is 0.444 e. The number of amides is 3. The summed E-state index contributed by atoms with van der Waals surface area (Å²) >= 11 is 1.55. The van der Waals surface area contributed by atoms with Gasteiger partial charge in [-0.2, -0.15) is 5.10 Å². The molecule has 0 saturated carbocycles. The van der Waals surface area contributed by atoms with Crippen LogP contribution in [-0.4, -0.2) is 56.3 Å². The number of aromatic nitrogens is 3. The predicted octanol–water partition coefficient (Wildman–Crippen LogP) is 4.79. The summed E-state index contributed by atoms with van der Waals surface area (Å²) in [5.74, 6) is -0.567. The third-order valence-corrected chi connectivity index (χ3v) is 7.93. The van der Waals surface area contributed by atoms with E-state index in [2.05, 4.69) is 10.3 Å². The minimum atomic E-state index is -0.531. The summed E-state index contributed by atoms with van der Waals surface area (Å²) in [5.41, 5.74) is 2.31. The lowest BCUT2D eigenvalue weighted by Crippen LogP contribution is -2.42. The van der Waals surface area contributed by atoms with Crippen LogP contribution in [0.15, 0.2) is 41.9 Å². The second-order valence-corrected chi connectivity index (χ2v) is 11.8. The van der Waals surface area contributed by atoms with Crippen LogP contribution in [0.1, 0.15) is 44.9 Å². The monoisotopic (exact) mass is 531 g/mol. The van der Waals surface area contributed by atoms with Gasteiger partial charge >= 0.3 is 6.09 Å². The summed E-state index contributed by atoms with van der Waals surface area (Å²) in [5, 5.41) is 11.1. The van der Waals surface area contributed by atoms with Crippen molar-refractivity contribution in [1.82, 2.24) is 25.0 Å². The smallest absolute Gasteiger partial charge is 0.410 e. The molecule has 0 bridgehead atoms. The first-order valence-electron chi connectivity index (χ1n) is 12.8. The van der Waals surface area contributed by atoms with Gasteiger partial charge < -0.3 is 14.6 Å². The first kappa shape index (κ1) is 24.4. The Balaban J connectivity index is 1.36. The van der Waals surface area contributed by atoms with Gasteiger partial charge in [-0.3, -0.25) is 19.6 Å². The van der Waals surface area contributed by atoms with Crippen molar-refractivity contribution in [3.05, 3.63) is 53.2 Å². The van der Waals surface area contributed by atoms with E-state index in [4.69, 9.17) is 9.84 Å². The van der Waals surface area contributed by atoms with E-state index < -0.39 is 17.4 Å². The lowest BCUT2D eigenvalue weighted by Gasteiger charge is -2.33. The van der Waals surface area contributed by atoms with Crippen molar-refractivity contribution in [3.8, 4) is 0 Å². The molecule has 2 aliphatic rings. The number of imide groups is 1. The molecule has 1 aromatic carbocycles. The van der Waals surface area contributed by atoms with Crippen LogP contribution >= 0.6 is 11.3 Å². The van der Waals surface area contributed by atoms with Crippen molar-refractivity contribution in [2.45, 2.75) is 45.8 Å². The molecule has 2 N–H and O–H groups in total. The van der Waals surface area contributed by atoms with Crippen LogP contribution in [0.4, 0.5) is 4.79 Å². The Bertz CT molecular complexity index is 1610. The van der Waals surface area contributed by atoms with Gasteiger partial charge in [-0.1, -0.05) is 18.2 Å². The average Bonchev–Trinajstić information content (AvgIpc) is 3.61. The van der Waals surface area contributed by atoms with E-state index >= 15 is 0 Å². The molecule has 3 amide bonds. The zero-order chi connectivity index (χ0) is 26.6. The lowest BCUT2D eigenvalue weighted by molar-refractivity contribution is -0.122. The van der Waals surface area contributed by atoms with Gasteiger partial charge in [0.25, 0.3) is 11.8 Å². The normalized spacial score (nSPS) is 17.2. The van der Waals surface area contributed by atoms with Crippen LogP contribution in [-0.2, 0) is 20.9 Å². The number of carbonyl (C=O) groups is 3. The van der Waals surface area contributed by atoms with Gasteiger partial charge in [0.2, 0.25) is 0 Å². The van der Waals surface area contributed by atoms with Gasteiger partial charge in [-0.15, -0.1) is 11.3 Å². The van der Waals surface area contributed by atoms with Crippen molar-refractivity contribution < 1.29 is 19.1 Å². The molecule has 9 nitrogen and oxygen atoms in total. The van der Waals surface area contributed by atoms with Crippen molar-refractivity contribution in [2.75, 3.05) is 13.1 Å². The fourth-order valence-corrected chi connectivity index (χ4v) is 6.11. The van der Waals surface area contributed by atoms with Crippen LogP contribution < -0.4 is 5.32 Å². The molecule has 3 aromatic heterocycles. The van der Waals surface area contributed by atoms with E-state index in [-0.39, 0.29) is 12.0 Å². The number of fused-ring (bicyclic) bond motifs is 2. The topological polar surface area (TPSA) is 109 Å². The van der Waals surface area contributed by atoms with Gasteiger partial charge in [0.15, 0.2) is 0 Å². The van der Waals surface area contributed by atoms with E-state index in [0.717, 1.165) is 34.0 Å². The Morgan fingerprint density at radius 2 is 1.82 bits per heavy atom. The van der Waals surface area contributed by atoms with Crippen LogP contribution in [0.5, 0.6) is 0 Å². The Hall–Kier alpha value is -3.92. The highest BCUT2D eigenvalue weighted by atomic mass is 32.1. The number of thiophene rings is 1. The Kier molecular flexibility index (Phi) is 5.86. The van der Waals surface area contributed by atoms with Crippen LogP contribution in [0.2, 0.25) is 0 Å². The molecular weight excluding hydrogens is 502 g/mol. The molecule has 5 heterocycles. The number of ether oxygens (including phenoxy) is 1. The van der Waals surface area contributed by atoms with Gasteiger partial charge in [-0.25, -0.2) is 4.79 Å². The summed E-state index contributed by atoms with van der Waals surface area (Å²) in [6.45, 7) is 7.37. The van der Waals surface area contributed by atoms with E-state index in [1.807, 2.05) is 61.2 Å². The van der Waals surface area contributed by atoms with E-state index in [0.29, 0.717) is 42.0 Å². The lowest BCUT2D eigenvalue weighted by atomic mass is 9.95. The quantitative estimate of drug-likeness (QED) is 0.368. The Morgan fingerprint density at radius 3 is 2.58 bits per heavy atom. The molecule has 10 heteroatoms. The number of piperidine rings is 1. The number of likely N-dealkylation sites (tertiary alicyclic amines) is 1. The zero-order valence-electron chi connectivity index (χ0n) is 21.5. The molecule has 1 fully saturated rings. The molecule has 6 rings (SSSR count). The van der Waals surface area contributed by atoms with Crippen molar-refractivity contribution in [2.24, 2.45) is 5.92 Å². The highest BCUT2D eigenvalue weighted by molar-refractivity contribution is 7.16. The van der Waals surface area contributed by atoms with Crippen molar-refractivity contribution in [1.29, 1.82) is 0 Å². The van der Waals surface area contributed by atoms with E-state index in [1.165, 1.54) is 0 Å². The molecule has 38 heavy (non-hydrogen) atoms. The first-order chi connectivity index (χ1) is 18.2. The Labute approximate surface area is 223 Å². The number of benzene rings is 1. The molecular formula is C28H29N5O4S. The van der Waals surface area contributed by atoms with Crippen LogP contribution in [0.3, 0.4) is 0 Å². The van der Waals surface area contributed by atoms with E-state index in [1.54, 1.807) is 22.4 Å². The van der Waals surface area contributed by atoms with Gasteiger partial charge in [0.1, 0.15) is 10.4 Å². The Morgan fingerprint density at radius 1 is 1.08 bits per heavy atom. The molecule has 0 aliphatic carbocycles. The molecule has 2 aliphatic heterocycles. The SMILES string of the molecule is CC(C)(C)OC(=O)N1CCC(Cn2nc3ccccc3c2C2=C(c3c[nH]c4sccc34)C(=O)NC2=O)CC1. The van der Waals surface area contributed by atoms with Crippen molar-refractivity contribution in [3.63, 3.8) is 0 Å². The number of rotatable bonds is 4. The molecule has 1 saturated heterocycles. The van der Waals surface area contributed by atoms with Gasteiger partial charge in [-0.05, 0) is 57.0 Å². The number of nitrogens with zero attached hydrogens (tertiary/aromatic N) is 3. The first-order valence-corrected chi connectivity index (χ1v) is 13.7. The van der Waals surface area contributed by atoms with Crippen LogP contribution in [0, 0.1) is 5.92 Å². The summed E-state index contributed by atoms with van der Waals surface area (Å²) < 4.78 is 7.41. The number of H-pyrrole nitrogens is 1. The number of carbonyl (C=O) groups excluding carboxylic acids is 3. The van der Waals surface area contributed by atoms with Gasteiger partial charge in [0, 0.05) is 42.2 Å². The van der Waals surface area contributed by atoms with E-state index in [9.17, 15) is 14.4 Å². The molecule has 196 valence electrons. The summed E-state index contributed by atoms with van der Waals surface area (Å²) in [7, 11) is 0. The fourth-order valence-electron chi connectivity index (χ4n) is 5.34. The number of hydrogen-bond donors (Lipinski definition) is 2. The summed E-state index contributed by atoms with van der Waals surface area (Å²) in [6.07, 6.45) is 3.09. The number of hydrogen-bond acceptors (Lipinski definition) is 6. The summed E-state index contributed by atoms with van der Waals surface area (Å²) in [4.78, 5) is 44.8. The molecule has 4 aromatic rings. The summed E-state index contributed by atoms with van der Waals surface area (Å²) in [6, 6.07) is 9.65. The highest BCUT2D eigenvalue weighted by Gasteiger charge is 2.37. The predicted molar refractivity (Wildman–Crippen MR) is 146 cm³/mol. The standard InChI is InChI=1S/C28H29N5O4S/c1-28(2,3)37-27(36)32-11-8-16(9-12-32)15-33-23(18-6-4-5-7-20(18)31-33)22-21(24(34)30-25(22)35)19-14-29-26-17(19)10-13-38-26/h4-7,10,13-14,16,29H,8-9,11-12,15H2,1-3H3,(H,30,34,35). The zero-order valence-corrected chi connectivity index (χ0v) is 22.4. The second kappa shape index (κ2) is 9.13. The van der Waals surface area contributed by atoms with Gasteiger partial charge in [0.05, 0.1) is 22.4 Å². The molecule has 0 unspecified atom stereocenters. The highest BCUT2D eigenvalue weighted by Crippen LogP contribution is 2.39. The third kappa shape index (κ3) is 4.28. The maximum atomic E-state index is 13.3. The maximum Gasteiger partial charge on any atom is 0.410 e. The minimum Gasteiger partial charge on any atom is -0.444 e. The number of aromatic amines is 1. The third-order valence-electron chi connectivity index (χ3n) is 7.08. The minimum absolute atomic E-state index is 0.252. The second-order valence-electron chi connectivity index (χ2n) is 10.9. The number of nitrogens with one attached hydrogen (secondary N) is 2. The maximum absolute atomic E-state index is 13.3. The fraction of sp³-hybridized carbons (Fsp3) is 0.357. The average molecular weight is 532 g/mol. The molecule has 0 radical (unpaired) electrons. The molecule has 0 spiro atoms.